The molecule has 2 amide bonds. The lowest BCUT2D eigenvalue weighted by Crippen LogP contribution is -2.34. The zero-order valence-electron chi connectivity index (χ0n) is 12.8. The Labute approximate surface area is 136 Å². The normalized spacial score (nSPS) is 16.3. The van der Waals surface area contributed by atoms with Crippen molar-refractivity contribution in [2.75, 3.05) is 0 Å². The number of rotatable bonds is 3. The average Bonchev–Trinajstić information content (AvgIpc) is 2.54. The van der Waals surface area contributed by atoms with Crippen molar-refractivity contribution < 1.29 is 14.0 Å². The Morgan fingerprint density at radius 3 is 2.79 bits per heavy atom. The van der Waals surface area contributed by atoms with Crippen LogP contribution in [-0.4, -0.2) is 16.8 Å². The van der Waals surface area contributed by atoms with Crippen molar-refractivity contribution in [1.82, 2.24) is 10.3 Å². The number of fused-ring (bicyclic) bond motifs is 1. The number of aromatic amines is 1. The van der Waals surface area contributed by atoms with Crippen LogP contribution in [0.4, 0.5) is 4.39 Å². The van der Waals surface area contributed by atoms with Gasteiger partial charge in [0.25, 0.3) is 17.4 Å². The summed E-state index contributed by atoms with van der Waals surface area (Å²) in [5.74, 6) is -1.73. The smallest absolute Gasteiger partial charge is 0.261 e. The molecule has 0 saturated heterocycles. The van der Waals surface area contributed by atoms with Crippen LogP contribution in [0.15, 0.2) is 35.1 Å². The monoisotopic (exact) mass is 329 g/mol. The number of halogens is 1. The molecule has 1 aliphatic rings. The van der Waals surface area contributed by atoms with Crippen LogP contribution in [0.1, 0.15) is 50.9 Å². The van der Waals surface area contributed by atoms with Crippen LogP contribution >= 0.6 is 0 Å². The predicted molar refractivity (Wildman–Crippen MR) is 85.1 cm³/mol. The summed E-state index contributed by atoms with van der Waals surface area (Å²) in [5.41, 5.74) is 6.10. The van der Waals surface area contributed by atoms with Gasteiger partial charge in [-0.15, -0.1) is 0 Å². The highest BCUT2D eigenvalue weighted by atomic mass is 19.1. The predicted octanol–water partition coefficient (Wildman–Crippen LogP) is 1.42. The van der Waals surface area contributed by atoms with Crippen molar-refractivity contribution in [3.05, 3.63) is 68.9 Å². The Morgan fingerprint density at radius 2 is 2.08 bits per heavy atom. The van der Waals surface area contributed by atoms with E-state index in [1.54, 1.807) is 0 Å². The number of aryl methyl sites for hydroxylation is 1. The minimum absolute atomic E-state index is 0.138. The van der Waals surface area contributed by atoms with E-state index in [0.29, 0.717) is 24.1 Å². The number of nitrogens with one attached hydrogen (secondary N) is 2. The summed E-state index contributed by atoms with van der Waals surface area (Å²) in [4.78, 5) is 38.2. The number of hydrogen-bond acceptors (Lipinski definition) is 3. The van der Waals surface area contributed by atoms with Gasteiger partial charge in [0, 0.05) is 11.3 Å². The highest BCUT2D eigenvalue weighted by Gasteiger charge is 2.25. The number of carbonyl (C=O) groups excluding carboxylic acids is 2. The van der Waals surface area contributed by atoms with Gasteiger partial charge in [0.15, 0.2) is 0 Å². The Balaban J connectivity index is 1.92. The molecule has 6 nitrogen and oxygen atoms in total. The van der Waals surface area contributed by atoms with Gasteiger partial charge in [-0.1, -0.05) is 6.07 Å². The number of aromatic nitrogens is 1. The van der Waals surface area contributed by atoms with Gasteiger partial charge in [-0.05, 0) is 49.1 Å². The Hall–Kier alpha value is -2.96. The largest absolute Gasteiger partial charge is 0.365 e. The molecule has 0 bridgehead atoms. The second-order valence-corrected chi connectivity index (χ2v) is 5.74. The molecule has 0 radical (unpaired) electrons. The van der Waals surface area contributed by atoms with E-state index in [2.05, 4.69) is 10.3 Å². The lowest BCUT2D eigenvalue weighted by molar-refractivity contribution is 0.0932. The SMILES string of the molecule is NC(=O)c1cc2c([nH]c1=O)CCCC2NC(=O)c1cccc(F)c1. The zero-order valence-corrected chi connectivity index (χ0v) is 12.8. The van der Waals surface area contributed by atoms with Gasteiger partial charge in [0.2, 0.25) is 0 Å². The molecule has 1 atom stereocenters. The van der Waals surface area contributed by atoms with E-state index in [1.807, 2.05) is 0 Å². The molecule has 1 heterocycles. The van der Waals surface area contributed by atoms with Crippen LogP contribution in [-0.2, 0) is 6.42 Å². The van der Waals surface area contributed by atoms with Crippen LogP contribution < -0.4 is 16.6 Å². The van der Waals surface area contributed by atoms with E-state index in [0.717, 1.165) is 12.5 Å². The summed E-state index contributed by atoms with van der Waals surface area (Å²) >= 11 is 0. The molecule has 124 valence electrons. The summed E-state index contributed by atoms with van der Waals surface area (Å²) in [5, 5.41) is 2.82. The van der Waals surface area contributed by atoms with Crippen LogP contribution in [0.25, 0.3) is 0 Å². The fraction of sp³-hybridized carbons (Fsp3) is 0.235. The van der Waals surface area contributed by atoms with Crippen LogP contribution in [0.3, 0.4) is 0 Å². The molecular weight excluding hydrogens is 313 g/mol. The number of hydrogen-bond donors (Lipinski definition) is 3. The van der Waals surface area contributed by atoms with Gasteiger partial charge in [-0.25, -0.2) is 4.39 Å². The molecule has 1 aromatic carbocycles. The van der Waals surface area contributed by atoms with Gasteiger partial charge in [-0.2, -0.15) is 0 Å². The molecule has 0 fully saturated rings. The number of amides is 2. The van der Waals surface area contributed by atoms with Crippen LogP contribution in [0.2, 0.25) is 0 Å². The number of nitrogens with two attached hydrogens (primary N) is 1. The summed E-state index contributed by atoms with van der Waals surface area (Å²) in [6.07, 6.45) is 2.07. The molecule has 2 aromatic rings. The van der Waals surface area contributed by atoms with E-state index < -0.39 is 23.2 Å². The fourth-order valence-electron chi connectivity index (χ4n) is 2.95. The van der Waals surface area contributed by atoms with Crippen molar-refractivity contribution in [2.24, 2.45) is 5.73 Å². The number of pyridine rings is 1. The molecule has 1 aliphatic carbocycles. The third-order valence-corrected chi connectivity index (χ3v) is 4.11. The van der Waals surface area contributed by atoms with Crippen molar-refractivity contribution in [3.63, 3.8) is 0 Å². The molecule has 7 heteroatoms. The second-order valence-electron chi connectivity index (χ2n) is 5.74. The molecular formula is C17H16FN3O3. The molecule has 0 aliphatic heterocycles. The third kappa shape index (κ3) is 3.05. The van der Waals surface area contributed by atoms with Gasteiger partial charge < -0.3 is 16.0 Å². The highest BCUT2D eigenvalue weighted by Crippen LogP contribution is 2.28. The summed E-state index contributed by atoms with van der Waals surface area (Å²) in [7, 11) is 0. The van der Waals surface area contributed by atoms with E-state index in [1.165, 1.54) is 24.3 Å². The number of primary amides is 1. The number of carbonyl (C=O) groups is 2. The third-order valence-electron chi connectivity index (χ3n) is 4.11. The topological polar surface area (TPSA) is 105 Å². The van der Waals surface area contributed by atoms with E-state index in [4.69, 9.17) is 5.73 Å². The van der Waals surface area contributed by atoms with Gasteiger partial charge in [0.1, 0.15) is 11.4 Å². The van der Waals surface area contributed by atoms with Crippen molar-refractivity contribution in [1.29, 1.82) is 0 Å². The minimum atomic E-state index is -0.820. The maximum atomic E-state index is 13.3. The van der Waals surface area contributed by atoms with Gasteiger partial charge in [-0.3, -0.25) is 14.4 Å². The molecule has 1 aromatic heterocycles. The van der Waals surface area contributed by atoms with Crippen LogP contribution in [0, 0.1) is 5.82 Å². The molecule has 4 N–H and O–H groups in total. The standard InChI is InChI=1S/C17H16FN3O3/c18-10-4-1-3-9(7-10)16(23)20-13-5-2-6-14-11(13)8-12(15(19)22)17(24)21-14/h1,3-4,7-8,13H,2,5-6H2,(H2,19,22)(H,20,23)(H,21,24). The fourth-order valence-corrected chi connectivity index (χ4v) is 2.95. The summed E-state index contributed by atoms with van der Waals surface area (Å²) < 4.78 is 13.3. The molecule has 1 unspecified atom stereocenters. The quantitative estimate of drug-likeness (QED) is 0.793. The Kier molecular flexibility index (Phi) is 4.16. The maximum Gasteiger partial charge on any atom is 0.261 e. The molecule has 24 heavy (non-hydrogen) atoms. The summed E-state index contributed by atoms with van der Waals surface area (Å²) in [6, 6.07) is 6.45. The molecule has 0 spiro atoms. The average molecular weight is 329 g/mol. The van der Waals surface area contributed by atoms with E-state index in [-0.39, 0.29) is 17.2 Å². The lowest BCUT2D eigenvalue weighted by atomic mass is 9.90. The number of H-pyrrole nitrogens is 1. The van der Waals surface area contributed by atoms with Gasteiger partial charge >= 0.3 is 0 Å². The van der Waals surface area contributed by atoms with E-state index in [9.17, 15) is 18.8 Å². The first-order valence-corrected chi connectivity index (χ1v) is 7.58. The van der Waals surface area contributed by atoms with Crippen molar-refractivity contribution >= 4 is 11.8 Å². The zero-order chi connectivity index (χ0) is 17.3. The second kappa shape index (κ2) is 6.27. The summed E-state index contributed by atoms with van der Waals surface area (Å²) in [6.45, 7) is 0. The highest BCUT2D eigenvalue weighted by molar-refractivity contribution is 5.95. The first kappa shape index (κ1) is 15.9. The molecule has 3 rings (SSSR count). The Bertz CT molecular complexity index is 876. The first-order valence-electron chi connectivity index (χ1n) is 7.58. The first-order chi connectivity index (χ1) is 11.5. The number of benzene rings is 1. The minimum Gasteiger partial charge on any atom is -0.365 e. The van der Waals surface area contributed by atoms with Crippen molar-refractivity contribution in [3.8, 4) is 0 Å². The molecule has 0 saturated carbocycles. The maximum absolute atomic E-state index is 13.3. The Morgan fingerprint density at radius 1 is 1.29 bits per heavy atom. The van der Waals surface area contributed by atoms with Crippen LogP contribution in [0.5, 0.6) is 0 Å². The lowest BCUT2D eigenvalue weighted by Gasteiger charge is -2.26. The van der Waals surface area contributed by atoms with Gasteiger partial charge in [0.05, 0.1) is 6.04 Å². The van der Waals surface area contributed by atoms with E-state index >= 15 is 0 Å². The van der Waals surface area contributed by atoms with Crippen molar-refractivity contribution in [2.45, 2.75) is 25.3 Å².